The van der Waals surface area contributed by atoms with Crippen LogP contribution in [0.25, 0.3) is 5.69 Å². The van der Waals surface area contributed by atoms with Crippen LogP contribution in [-0.4, -0.2) is 50.6 Å². The number of benzene rings is 1. The third-order valence-corrected chi connectivity index (χ3v) is 5.33. The Balaban J connectivity index is 1.37. The molecule has 2 aromatic rings. The van der Waals surface area contributed by atoms with Gasteiger partial charge in [0.1, 0.15) is 12.7 Å². The molecule has 0 unspecified atom stereocenters. The predicted molar refractivity (Wildman–Crippen MR) is 95.8 cm³/mol. The molecule has 1 aliphatic carbocycles. The van der Waals surface area contributed by atoms with Gasteiger partial charge in [0.15, 0.2) is 0 Å². The van der Waals surface area contributed by atoms with Gasteiger partial charge >= 0.3 is 0 Å². The van der Waals surface area contributed by atoms with Gasteiger partial charge in [0, 0.05) is 30.6 Å². The molecule has 7 heteroatoms. The minimum atomic E-state index is -0.118. The fourth-order valence-corrected chi connectivity index (χ4v) is 3.91. The molecule has 1 aromatic heterocycles. The molecule has 2 fully saturated rings. The van der Waals surface area contributed by atoms with E-state index >= 15 is 0 Å². The summed E-state index contributed by atoms with van der Waals surface area (Å²) in [5.74, 6) is 0.350. The molecule has 0 bridgehead atoms. The van der Waals surface area contributed by atoms with Crippen molar-refractivity contribution in [1.29, 1.82) is 0 Å². The van der Waals surface area contributed by atoms with Gasteiger partial charge in [-0.1, -0.05) is 18.9 Å². The van der Waals surface area contributed by atoms with E-state index in [1.54, 1.807) is 23.1 Å². The number of aromatic nitrogens is 3. The second kappa shape index (κ2) is 7.27. The Hall–Kier alpha value is -2.70. The molecule has 2 aliphatic rings. The maximum absolute atomic E-state index is 12.6. The molecule has 2 heterocycles. The number of rotatable bonds is 4. The quantitative estimate of drug-likeness (QED) is 0.909. The second-order valence-corrected chi connectivity index (χ2v) is 7.12. The van der Waals surface area contributed by atoms with Crippen molar-refractivity contribution >= 4 is 11.8 Å². The molecule has 0 radical (unpaired) electrons. The monoisotopic (exact) mass is 353 g/mol. The fourth-order valence-electron chi connectivity index (χ4n) is 3.91. The zero-order valence-electron chi connectivity index (χ0n) is 14.7. The van der Waals surface area contributed by atoms with E-state index < -0.39 is 0 Å². The average Bonchev–Trinajstić information content (AvgIpc) is 3.43. The first-order valence-corrected chi connectivity index (χ1v) is 9.25. The highest BCUT2D eigenvalue weighted by atomic mass is 16.2. The standard InChI is InChI=1S/C19H23N5O2/c25-18(15-6-3-7-17(10-15)24-13-20-12-21-24)22-16-8-9-23(11-16)19(26)14-4-1-2-5-14/h3,6-7,10,12-14,16H,1-2,4-5,8-9,11H2,(H,22,25)/t16-/m1/s1. The molecule has 1 saturated carbocycles. The number of hydrogen-bond donors (Lipinski definition) is 1. The molecule has 0 spiro atoms. The van der Waals surface area contributed by atoms with E-state index in [4.69, 9.17) is 0 Å². The van der Waals surface area contributed by atoms with Crippen molar-refractivity contribution in [3.05, 3.63) is 42.5 Å². The lowest BCUT2D eigenvalue weighted by Gasteiger charge is -2.20. The maximum Gasteiger partial charge on any atom is 0.251 e. The van der Waals surface area contributed by atoms with Gasteiger partial charge in [-0.05, 0) is 37.5 Å². The average molecular weight is 353 g/mol. The third-order valence-electron chi connectivity index (χ3n) is 5.33. The Morgan fingerprint density at radius 1 is 1.15 bits per heavy atom. The molecule has 1 saturated heterocycles. The minimum absolute atomic E-state index is 0.0166. The molecule has 26 heavy (non-hydrogen) atoms. The number of carbonyl (C=O) groups excluding carboxylic acids is 2. The van der Waals surface area contributed by atoms with Gasteiger partial charge in [-0.25, -0.2) is 9.67 Å². The van der Waals surface area contributed by atoms with E-state index in [0.29, 0.717) is 12.1 Å². The number of hydrogen-bond acceptors (Lipinski definition) is 4. The summed E-state index contributed by atoms with van der Waals surface area (Å²) in [6.45, 7) is 1.35. The van der Waals surface area contributed by atoms with Crippen LogP contribution in [0.4, 0.5) is 0 Å². The first kappa shape index (κ1) is 16.8. The van der Waals surface area contributed by atoms with Crippen molar-refractivity contribution in [3.63, 3.8) is 0 Å². The number of nitrogens with one attached hydrogen (secondary N) is 1. The van der Waals surface area contributed by atoms with Crippen LogP contribution in [0.5, 0.6) is 0 Å². The van der Waals surface area contributed by atoms with Gasteiger partial charge in [0.05, 0.1) is 5.69 Å². The van der Waals surface area contributed by atoms with E-state index in [9.17, 15) is 9.59 Å². The van der Waals surface area contributed by atoms with Gasteiger partial charge < -0.3 is 10.2 Å². The summed E-state index contributed by atoms with van der Waals surface area (Å²) in [7, 11) is 0. The molecular formula is C19H23N5O2. The first-order chi connectivity index (χ1) is 12.7. The highest BCUT2D eigenvalue weighted by Crippen LogP contribution is 2.27. The second-order valence-electron chi connectivity index (χ2n) is 7.12. The van der Waals surface area contributed by atoms with Gasteiger partial charge in [-0.3, -0.25) is 9.59 Å². The normalized spacial score (nSPS) is 20.5. The minimum Gasteiger partial charge on any atom is -0.347 e. The predicted octanol–water partition coefficient (Wildman–Crippen LogP) is 1.79. The summed E-state index contributed by atoms with van der Waals surface area (Å²) >= 11 is 0. The summed E-state index contributed by atoms with van der Waals surface area (Å²) in [4.78, 5) is 31.0. The van der Waals surface area contributed by atoms with Crippen LogP contribution in [0.1, 0.15) is 42.5 Å². The molecule has 1 N–H and O–H groups in total. The third kappa shape index (κ3) is 3.47. The van der Waals surface area contributed by atoms with Crippen LogP contribution in [0.3, 0.4) is 0 Å². The molecule has 2 amide bonds. The van der Waals surface area contributed by atoms with Crippen LogP contribution >= 0.6 is 0 Å². The van der Waals surface area contributed by atoms with E-state index in [-0.39, 0.29) is 23.8 Å². The topological polar surface area (TPSA) is 80.1 Å². The largest absolute Gasteiger partial charge is 0.347 e. The van der Waals surface area contributed by atoms with Gasteiger partial charge in [0.2, 0.25) is 5.91 Å². The van der Waals surface area contributed by atoms with E-state index in [0.717, 1.165) is 44.3 Å². The first-order valence-electron chi connectivity index (χ1n) is 9.25. The van der Waals surface area contributed by atoms with Crippen molar-refractivity contribution in [2.45, 2.75) is 38.1 Å². The number of carbonyl (C=O) groups is 2. The summed E-state index contributed by atoms with van der Waals surface area (Å²) < 4.78 is 1.62. The summed E-state index contributed by atoms with van der Waals surface area (Å²) in [6.07, 6.45) is 8.22. The fraction of sp³-hybridized carbons (Fsp3) is 0.474. The maximum atomic E-state index is 12.6. The SMILES string of the molecule is O=C(N[C@@H]1CCN(C(=O)C2CCCC2)C1)c1cccc(-n2cncn2)c1. The van der Waals surface area contributed by atoms with E-state index in [1.807, 2.05) is 17.0 Å². The van der Waals surface area contributed by atoms with Crippen LogP contribution in [0, 0.1) is 5.92 Å². The number of amides is 2. The molecule has 136 valence electrons. The molecule has 1 atom stereocenters. The molecular weight excluding hydrogens is 330 g/mol. The van der Waals surface area contributed by atoms with Crippen LogP contribution in [-0.2, 0) is 4.79 Å². The summed E-state index contributed by atoms with van der Waals surface area (Å²) in [5.41, 5.74) is 1.37. The molecule has 7 nitrogen and oxygen atoms in total. The smallest absolute Gasteiger partial charge is 0.251 e. The Labute approximate surface area is 152 Å². The Morgan fingerprint density at radius 3 is 2.77 bits per heavy atom. The Morgan fingerprint density at radius 2 is 2.00 bits per heavy atom. The Kier molecular flexibility index (Phi) is 4.69. The van der Waals surface area contributed by atoms with E-state index in [1.165, 1.54) is 6.33 Å². The molecule has 4 rings (SSSR count). The molecule has 1 aliphatic heterocycles. The van der Waals surface area contributed by atoms with Crippen molar-refractivity contribution in [2.24, 2.45) is 5.92 Å². The zero-order chi connectivity index (χ0) is 17.9. The lowest BCUT2D eigenvalue weighted by molar-refractivity contribution is -0.134. The zero-order valence-corrected chi connectivity index (χ0v) is 14.7. The highest BCUT2D eigenvalue weighted by Gasteiger charge is 2.32. The van der Waals surface area contributed by atoms with Crippen molar-refractivity contribution < 1.29 is 9.59 Å². The van der Waals surface area contributed by atoms with E-state index in [2.05, 4.69) is 15.4 Å². The number of nitrogens with zero attached hydrogens (tertiary/aromatic N) is 4. The van der Waals surface area contributed by atoms with Gasteiger partial charge in [-0.15, -0.1) is 0 Å². The lowest BCUT2D eigenvalue weighted by Crippen LogP contribution is -2.39. The summed E-state index contributed by atoms with van der Waals surface area (Å²) in [6, 6.07) is 7.30. The Bertz CT molecular complexity index is 783. The van der Waals surface area contributed by atoms with Gasteiger partial charge in [-0.2, -0.15) is 5.10 Å². The summed E-state index contributed by atoms with van der Waals surface area (Å²) in [5, 5.41) is 7.15. The number of likely N-dealkylation sites (tertiary alicyclic amines) is 1. The van der Waals surface area contributed by atoms with Crippen molar-refractivity contribution in [1.82, 2.24) is 25.0 Å². The van der Waals surface area contributed by atoms with Crippen LogP contribution in [0.2, 0.25) is 0 Å². The highest BCUT2D eigenvalue weighted by molar-refractivity contribution is 5.95. The van der Waals surface area contributed by atoms with Crippen molar-refractivity contribution in [3.8, 4) is 5.69 Å². The molecule has 1 aromatic carbocycles. The lowest BCUT2D eigenvalue weighted by atomic mass is 10.1. The van der Waals surface area contributed by atoms with Crippen molar-refractivity contribution in [2.75, 3.05) is 13.1 Å². The van der Waals surface area contributed by atoms with Gasteiger partial charge in [0.25, 0.3) is 5.91 Å². The van der Waals surface area contributed by atoms with Crippen LogP contribution in [0.15, 0.2) is 36.9 Å². The van der Waals surface area contributed by atoms with Crippen LogP contribution < -0.4 is 5.32 Å².